The van der Waals surface area contributed by atoms with Gasteiger partial charge in [0.1, 0.15) is 5.82 Å². The molecule has 26 heavy (non-hydrogen) atoms. The molecule has 1 fully saturated rings. The van der Waals surface area contributed by atoms with Crippen LogP contribution in [0.25, 0.3) is 22.3 Å². The maximum Gasteiger partial charge on any atom is 0.416 e. The summed E-state index contributed by atoms with van der Waals surface area (Å²) in [5.74, 6) is 1.32. The van der Waals surface area contributed by atoms with Gasteiger partial charge in [-0.2, -0.15) is 13.2 Å². The molecule has 3 nitrogen and oxygen atoms in total. The van der Waals surface area contributed by atoms with Crippen LogP contribution >= 0.6 is 0 Å². The van der Waals surface area contributed by atoms with Crippen molar-refractivity contribution in [2.75, 3.05) is 18.0 Å². The Kier molecular flexibility index (Phi) is 4.26. The highest BCUT2D eigenvalue weighted by Gasteiger charge is 2.30. The quantitative estimate of drug-likeness (QED) is 0.623. The lowest BCUT2D eigenvalue weighted by Gasteiger charge is -2.29. The van der Waals surface area contributed by atoms with Crippen LogP contribution < -0.4 is 4.90 Å². The number of piperidine rings is 1. The van der Waals surface area contributed by atoms with Crippen molar-refractivity contribution in [3.63, 3.8) is 0 Å². The molecule has 6 heteroatoms. The summed E-state index contributed by atoms with van der Waals surface area (Å²) in [6.45, 7) is 1.88. The number of rotatable bonds is 2. The average Bonchev–Trinajstić information content (AvgIpc) is 2.67. The van der Waals surface area contributed by atoms with Gasteiger partial charge in [-0.15, -0.1) is 0 Å². The van der Waals surface area contributed by atoms with E-state index in [0.29, 0.717) is 11.4 Å². The van der Waals surface area contributed by atoms with Crippen LogP contribution in [-0.4, -0.2) is 23.1 Å². The molecule has 0 unspecified atom stereocenters. The Morgan fingerprint density at radius 1 is 0.808 bits per heavy atom. The monoisotopic (exact) mass is 357 g/mol. The molecule has 0 bridgehead atoms. The lowest BCUT2D eigenvalue weighted by atomic mass is 10.1. The molecular formula is C20H18F3N3. The zero-order chi connectivity index (χ0) is 18.1. The van der Waals surface area contributed by atoms with Crippen LogP contribution in [0.2, 0.25) is 0 Å². The van der Waals surface area contributed by atoms with E-state index in [1.807, 2.05) is 24.3 Å². The lowest BCUT2D eigenvalue weighted by Crippen LogP contribution is -2.30. The third kappa shape index (κ3) is 3.23. The molecule has 1 aliphatic rings. The van der Waals surface area contributed by atoms with Crippen molar-refractivity contribution in [2.45, 2.75) is 25.4 Å². The molecule has 0 radical (unpaired) electrons. The number of anilines is 1. The smallest absolute Gasteiger partial charge is 0.356 e. The fraction of sp³-hybridized carbons (Fsp3) is 0.300. The first-order valence-electron chi connectivity index (χ1n) is 8.72. The van der Waals surface area contributed by atoms with Crippen LogP contribution in [0.5, 0.6) is 0 Å². The summed E-state index contributed by atoms with van der Waals surface area (Å²) in [6.07, 6.45) is -0.894. The predicted molar refractivity (Wildman–Crippen MR) is 96.0 cm³/mol. The molecule has 2 heterocycles. The number of aromatic nitrogens is 2. The summed E-state index contributed by atoms with van der Waals surface area (Å²) in [6, 6.07) is 12.8. The molecule has 1 aromatic heterocycles. The van der Waals surface area contributed by atoms with E-state index < -0.39 is 11.7 Å². The molecule has 0 N–H and O–H groups in total. The molecule has 0 atom stereocenters. The van der Waals surface area contributed by atoms with Gasteiger partial charge in [0.05, 0.1) is 11.1 Å². The number of benzene rings is 2. The highest BCUT2D eigenvalue weighted by molar-refractivity contribution is 5.91. The molecule has 3 aromatic rings. The zero-order valence-electron chi connectivity index (χ0n) is 14.1. The van der Waals surface area contributed by atoms with E-state index >= 15 is 0 Å². The number of alkyl halides is 3. The molecule has 0 saturated carbocycles. The minimum Gasteiger partial charge on any atom is -0.356 e. The third-order valence-corrected chi connectivity index (χ3v) is 4.71. The summed E-state index contributed by atoms with van der Waals surface area (Å²) < 4.78 is 38.4. The average molecular weight is 357 g/mol. The molecule has 0 aliphatic carbocycles. The summed E-state index contributed by atoms with van der Waals surface area (Å²) in [5, 5.41) is 0.977. The van der Waals surface area contributed by atoms with Gasteiger partial charge in [0.15, 0.2) is 5.82 Å². The first kappa shape index (κ1) is 16.8. The predicted octanol–water partition coefficient (Wildman–Crippen LogP) is 5.31. The largest absolute Gasteiger partial charge is 0.416 e. The van der Waals surface area contributed by atoms with Crippen molar-refractivity contribution < 1.29 is 13.2 Å². The SMILES string of the molecule is FC(F)(F)c1ccc(-c2nc(N3CCCCC3)c3ccccc3n2)cc1. The fourth-order valence-electron chi connectivity index (χ4n) is 3.34. The molecule has 1 aliphatic heterocycles. The maximum absolute atomic E-state index is 12.8. The molecule has 1 saturated heterocycles. The molecule has 2 aromatic carbocycles. The highest BCUT2D eigenvalue weighted by atomic mass is 19.4. The second kappa shape index (κ2) is 6.59. The van der Waals surface area contributed by atoms with Gasteiger partial charge in [0.2, 0.25) is 0 Å². The van der Waals surface area contributed by atoms with E-state index in [4.69, 9.17) is 4.98 Å². The van der Waals surface area contributed by atoms with Crippen molar-refractivity contribution >= 4 is 16.7 Å². The normalized spacial score (nSPS) is 15.4. The van der Waals surface area contributed by atoms with Crippen LogP contribution in [0, 0.1) is 0 Å². The van der Waals surface area contributed by atoms with E-state index in [2.05, 4.69) is 9.88 Å². The summed E-state index contributed by atoms with van der Waals surface area (Å²) in [4.78, 5) is 11.5. The first-order chi connectivity index (χ1) is 12.5. The van der Waals surface area contributed by atoms with Gasteiger partial charge >= 0.3 is 6.18 Å². The summed E-state index contributed by atoms with van der Waals surface area (Å²) in [7, 11) is 0. The standard InChI is InChI=1S/C20H18F3N3/c21-20(22,23)15-10-8-14(9-11-15)18-24-17-7-3-2-6-16(17)19(25-18)26-12-4-1-5-13-26/h2-3,6-11H,1,4-5,12-13H2. The summed E-state index contributed by atoms with van der Waals surface area (Å²) in [5.41, 5.74) is 0.721. The topological polar surface area (TPSA) is 29.0 Å². The lowest BCUT2D eigenvalue weighted by molar-refractivity contribution is -0.137. The minimum atomic E-state index is -4.35. The number of fused-ring (bicyclic) bond motifs is 1. The number of nitrogens with zero attached hydrogens (tertiary/aromatic N) is 3. The van der Waals surface area contributed by atoms with Crippen LogP contribution in [-0.2, 0) is 6.18 Å². The molecule has 0 spiro atoms. The third-order valence-electron chi connectivity index (χ3n) is 4.71. The van der Waals surface area contributed by atoms with E-state index in [1.165, 1.54) is 18.6 Å². The molecule has 134 valence electrons. The van der Waals surface area contributed by atoms with Gasteiger partial charge in [-0.05, 0) is 43.5 Å². The van der Waals surface area contributed by atoms with Crippen LogP contribution in [0.4, 0.5) is 19.0 Å². The first-order valence-corrected chi connectivity index (χ1v) is 8.72. The van der Waals surface area contributed by atoms with Crippen molar-refractivity contribution in [2.24, 2.45) is 0 Å². The Morgan fingerprint density at radius 2 is 1.50 bits per heavy atom. The maximum atomic E-state index is 12.8. The Morgan fingerprint density at radius 3 is 2.19 bits per heavy atom. The van der Waals surface area contributed by atoms with Gasteiger partial charge in [-0.3, -0.25) is 0 Å². The summed E-state index contributed by atoms with van der Waals surface area (Å²) >= 11 is 0. The van der Waals surface area contributed by atoms with Gasteiger partial charge in [-0.1, -0.05) is 24.3 Å². The molecular weight excluding hydrogens is 339 g/mol. The zero-order valence-corrected chi connectivity index (χ0v) is 14.1. The Labute approximate surface area is 149 Å². The van der Waals surface area contributed by atoms with Gasteiger partial charge < -0.3 is 4.90 Å². The van der Waals surface area contributed by atoms with Crippen molar-refractivity contribution in [1.29, 1.82) is 0 Å². The van der Waals surface area contributed by atoms with Crippen LogP contribution in [0.1, 0.15) is 24.8 Å². The Hall–Kier alpha value is -2.63. The molecule has 0 amide bonds. The van der Waals surface area contributed by atoms with Gasteiger partial charge in [-0.25, -0.2) is 9.97 Å². The second-order valence-corrected chi connectivity index (χ2v) is 6.51. The fourth-order valence-corrected chi connectivity index (χ4v) is 3.34. The van der Waals surface area contributed by atoms with E-state index in [9.17, 15) is 13.2 Å². The van der Waals surface area contributed by atoms with Gasteiger partial charge in [0.25, 0.3) is 0 Å². The van der Waals surface area contributed by atoms with Crippen LogP contribution in [0.15, 0.2) is 48.5 Å². The van der Waals surface area contributed by atoms with Crippen molar-refractivity contribution in [3.8, 4) is 11.4 Å². The van der Waals surface area contributed by atoms with Crippen molar-refractivity contribution in [1.82, 2.24) is 9.97 Å². The minimum absolute atomic E-state index is 0.456. The Balaban J connectivity index is 1.80. The Bertz CT molecular complexity index is 914. The van der Waals surface area contributed by atoms with E-state index in [0.717, 1.165) is 54.8 Å². The van der Waals surface area contributed by atoms with E-state index in [1.54, 1.807) is 0 Å². The highest BCUT2D eigenvalue weighted by Crippen LogP contribution is 2.32. The molecule has 4 rings (SSSR count). The number of hydrogen-bond acceptors (Lipinski definition) is 3. The van der Waals surface area contributed by atoms with Crippen molar-refractivity contribution in [3.05, 3.63) is 54.1 Å². The second-order valence-electron chi connectivity index (χ2n) is 6.51. The number of halogens is 3. The van der Waals surface area contributed by atoms with Gasteiger partial charge in [0, 0.05) is 24.0 Å². The number of hydrogen-bond donors (Lipinski definition) is 0. The van der Waals surface area contributed by atoms with E-state index in [-0.39, 0.29) is 0 Å². The van der Waals surface area contributed by atoms with Crippen LogP contribution in [0.3, 0.4) is 0 Å². The number of para-hydroxylation sites is 1.